The molecule has 9 heteroatoms. The molecule has 0 fully saturated rings. The van der Waals surface area contributed by atoms with Crippen LogP contribution in [0.4, 0.5) is 5.69 Å². The molecule has 0 aromatic heterocycles. The minimum atomic E-state index is -1.04. The molecule has 35 heavy (non-hydrogen) atoms. The van der Waals surface area contributed by atoms with Crippen molar-refractivity contribution in [1.82, 2.24) is 4.90 Å². The predicted octanol–water partition coefficient (Wildman–Crippen LogP) is 4.33. The highest BCUT2D eigenvalue weighted by atomic mass is 35.5. The average molecular weight is 492 g/mol. The normalized spacial score (nSPS) is 14.7. The number of amides is 2. The van der Waals surface area contributed by atoms with Crippen LogP contribution in [0.15, 0.2) is 60.7 Å². The largest absolute Gasteiger partial charge is 0.497 e. The molecular weight excluding hydrogens is 470 g/mol. The van der Waals surface area contributed by atoms with E-state index in [2.05, 4.69) is 5.32 Å². The maximum absolute atomic E-state index is 13.6. The van der Waals surface area contributed by atoms with Crippen LogP contribution in [-0.4, -0.2) is 37.5 Å². The number of anilines is 1. The minimum absolute atomic E-state index is 0.0762. The molecule has 4 rings (SSSR count). The number of rotatable bonds is 6. The molecule has 8 nitrogen and oxygen atoms in total. The summed E-state index contributed by atoms with van der Waals surface area (Å²) in [4.78, 5) is 28.3. The molecule has 1 atom stereocenters. The number of methoxy groups -OCH3 is 2. The molecule has 2 amide bonds. The Morgan fingerprint density at radius 1 is 1.17 bits per heavy atom. The molecule has 1 aliphatic rings. The summed E-state index contributed by atoms with van der Waals surface area (Å²) in [5.74, 6) is 0.551. The van der Waals surface area contributed by atoms with Crippen molar-refractivity contribution >= 4 is 29.1 Å². The van der Waals surface area contributed by atoms with Crippen molar-refractivity contribution in [2.24, 2.45) is 0 Å². The van der Waals surface area contributed by atoms with Crippen LogP contribution in [-0.2, 0) is 16.1 Å². The third-order valence-electron chi connectivity index (χ3n) is 5.63. The van der Waals surface area contributed by atoms with Gasteiger partial charge in [-0.1, -0.05) is 23.7 Å². The third kappa shape index (κ3) is 5.00. The monoisotopic (exact) mass is 491 g/mol. The maximum atomic E-state index is 13.6. The first kappa shape index (κ1) is 23.9. The lowest BCUT2D eigenvalue weighted by molar-refractivity contribution is -0.140. The lowest BCUT2D eigenvalue weighted by atomic mass is 10.0. The molecule has 0 radical (unpaired) electrons. The molecule has 0 saturated carbocycles. The van der Waals surface area contributed by atoms with Gasteiger partial charge in [0, 0.05) is 22.9 Å². The fourth-order valence-corrected chi connectivity index (χ4v) is 4.13. The molecule has 0 saturated heterocycles. The maximum Gasteiger partial charge on any atom is 0.261 e. The van der Waals surface area contributed by atoms with Crippen molar-refractivity contribution in [1.29, 1.82) is 5.26 Å². The van der Waals surface area contributed by atoms with Crippen LogP contribution >= 0.6 is 11.6 Å². The van der Waals surface area contributed by atoms with Crippen molar-refractivity contribution in [3.05, 3.63) is 82.4 Å². The Balaban J connectivity index is 1.75. The SMILES string of the molecule is COc1ccc(CN2C(=O)COc3c(Cl)cccc3C2C(=O)Nc2ccc(C#N)cc2)c(OC)c1. The number of carbonyl (C=O) groups is 2. The Labute approximate surface area is 207 Å². The first-order chi connectivity index (χ1) is 16.9. The summed E-state index contributed by atoms with van der Waals surface area (Å²) in [6.07, 6.45) is 0. The van der Waals surface area contributed by atoms with E-state index in [0.29, 0.717) is 38.9 Å². The molecule has 3 aromatic rings. The number of halogens is 1. The molecule has 0 aliphatic carbocycles. The molecule has 178 valence electrons. The molecule has 1 unspecified atom stereocenters. The highest BCUT2D eigenvalue weighted by Crippen LogP contribution is 2.39. The van der Waals surface area contributed by atoms with Crippen molar-refractivity contribution in [3.63, 3.8) is 0 Å². The Bertz CT molecular complexity index is 1300. The average Bonchev–Trinajstić information content (AvgIpc) is 3.01. The van der Waals surface area contributed by atoms with Crippen molar-refractivity contribution < 1.29 is 23.8 Å². The van der Waals surface area contributed by atoms with Gasteiger partial charge < -0.3 is 24.4 Å². The zero-order chi connectivity index (χ0) is 24.9. The van der Waals surface area contributed by atoms with Crippen LogP contribution in [0.3, 0.4) is 0 Å². The second kappa shape index (κ2) is 10.4. The number of nitrogens with zero attached hydrogens (tertiary/aromatic N) is 2. The number of hydrogen-bond acceptors (Lipinski definition) is 6. The summed E-state index contributed by atoms with van der Waals surface area (Å²) in [5.41, 5.74) is 2.09. The summed E-state index contributed by atoms with van der Waals surface area (Å²) in [6.45, 7) is -0.206. The van der Waals surface area contributed by atoms with Crippen LogP contribution < -0.4 is 19.5 Å². The first-order valence-electron chi connectivity index (χ1n) is 10.7. The smallest absolute Gasteiger partial charge is 0.261 e. The van der Waals surface area contributed by atoms with E-state index in [0.717, 1.165) is 0 Å². The Morgan fingerprint density at radius 2 is 1.94 bits per heavy atom. The number of hydrogen-bond donors (Lipinski definition) is 1. The van der Waals surface area contributed by atoms with Crippen molar-refractivity contribution in [2.75, 3.05) is 26.1 Å². The second-order valence-corrected chi connectivity index (χ2v) is 8.13. The summed E-state index contributed by atoms with van der Waals surface area (Å²) in [6, 6.07) is 17.8. The van der Waals surface area contributed by atoms with E-state index < -0.39 is 17.9 Å². The number of para-hydroxylation sites is 1. The second-order valence-electron chi connectivity index (χ2n) is 7.73. The molecule has 1 aliphatic heterocycles. The van der Waals surface area contributed by atoms with E-state index >= 15 is 0 Å². The lowest BCUT2D eigenvalue weighted by Crippen LogP contribution is -2.41. The van der Waals surface area contributed by atoms with Gasteiger partial charge in [-0.25, -0.2) is 0 Å². The number of benzene rings is 3. The van der Waals surface area contributed by atoms with Crippen LogP contribution in [0.1, 0.15) is 22.7 Å². The number of nitrogens with one attached hydrogen (secondary N) is 1. The summed E-state index contributed by atoms with van der Waals surface area (Å²) >= 11 is 6.36. The number of carbonyl (C=O) groups excluding carboxylic acids is 2. The zero-order valence-electron chi connectivity index (χ0n) is 19.1. The molecular formula is C26H22ClN3O5. The Hall–Kier alpha value is -4.22. The van der Waals surface area contributed by atoms with Gasteiger partial charge in [-0.15, -0.1) is 0 Å². The molecule has 1 heterocycles. The van der Waals surface area contributed by atoms with Gasteiger partial charge in [0.25, 0.3) is 11.8 Å². The highest BCUT2D eigenvalue weighted by Gasteiger charge is 2.37. The summed E-state index contributed by atoms with van der Waals surface area (Å²) < 4.78 is 16.5. The fourth-order valence-electron chi connectivity index (χ4n) is 3.89. The minimum Gasteiger partial charge on any atom is -0.497 e. The van der Waals surface area contributed by atoms with E-state index in [-0.39, 0.29) is 18.9 Å². The number of fused-ring (bicyclic) bond motifs is 1. The van der Waals surface area contributed by atoms with Gasteiger partial charge in [0.1, 0.15) is 23.3 Å². The lowest BCUT2D eigenvalue weighted by Gasteiger charge is -2.30. The number of ether oxygens (including phenoxy) is 3. The quantitative estimate of drug-likeness (QED) is 0.550. The first-order valence-corrected chi connectivity index (χ1v) is 11.1. The predicted molar refractivity (Wildman–Crippen MR) is 130 cm³/mol. The topological polar surface area (TPSA) is 101 Å². The Kier molecular flexibility index (Phi) is 7.09. The van der Waals surface area contributed by atoms with E-state index in [4.69, 9.17) is 31.1 Å². The van der Waals surface area contributed by atoms with Gasteiger partial charge >= 0.3 is 0 Å². The van der Waals surface area contributed by atoms with Crippen LogP contribution in [0.25, 0.3) is 0 Å². The van der Waals surface area contributed by atoms with Gasteiger partial charge in [-0.05, 0) is 42.5 Å². The van der Waals surface area contributed by atoms with Crippen molar-refractivity contribution in [2.45, 2.75) is 12.6 Å². The molecule has 0 bridgehead atoms. The molecule has 3 aromatic carbocycles. The van der Waals surface area contributed by atoms with Gasteiger partial charge in [0.15, 0.2) is 6.61 Å². The Morgan fingerprint density at radius 3 is 2.63 bits per heavy atom. The summed E-state index contributed by atoms with van der Waals surface area (Å²) in [7, 11) is 3.07. The standard InChI is InChI=1S/C26H22ClN3O5/c1-33-19-11-8-17(22(12-19)34-2)14-30-23(31)15-35-25-20(4-3-5-21(25)27)24(30)26(32)29-18-9-6-16(13-28)7-10-18/h3-12,24H,14-15H2,1-2H3,(H,29,32). The third-order valence-corrected chi connectivity index (χ3v) is 5.93. The van der Waals surface area contributed by atoms with Crippen molar-refractivity contribution in [3.8, 4) is 23.3 Å². The van der Waals surface area contributed by atoms with E-state index in [9.17, 15) is 9.59 Å². The van der Waals surface area contributed by atoms with E-state index in [1.807, 2.05) is 6.07 Å². The van der Waals surface area contributed by atoms with Gasteiger partial charge in [-0.3, -0.25) is 9.59 Å². The fraction of sp³-hybridized carbons (Fsp3) is 0.192. The molecule has 1 N–H and O–H groups in total. The van der Waals surface area contributed by atoms with Crippen LogP contribution in [0, 0.1) is 11.3 Å². The van der Waals surface area contributed by atoms with Gasteiger partial charge in [0.05, 0.1) is 37.4 Å². The summed E-state index contributed by atoms with van der Waals surface area (Å²) in [5, 5.41) is 12.2. The van der Waals surface area contributed by atoms with Gasteiger partial charge in [-0.2, -0.15) is 5.26 Å². The zero-order valence-corrected chi connectivity index (χ0v) is 19.8. The molecule has 0 spiro atoms. The highest BCUT2D eigenvalue weighted by molar-refractivity contribution is 6.32. The van der Waals surface area contributed by atoms with E-state index in [1.165, 1.54) is 12.0 Å². The van der Waals surface area contributed by atoms with Crippen LogP contribution in [0.2, 0.25) is 5.02 Å². The van der Waals surface area contributed by atoms with Crippen LogP contribution in [0.5, 0.6) is 17.2 Å². The van der Waals surface area contributed by atoms with E-state index in [1.54, 1.807) is 67.8 Å². The number of nitriles is 1. The van der Waals surface area contributed by atoms with Gasteiger partial charge in [0.2, 0.25) is 0 Å².